The van der Waals surface area contributed by atoms with Gasteiger partial charge in [-0.05, 0) is 84.0 Å². The van der Waals surface area contributed by atoms with Gasteiger partial charge in [-0.25, -0.2) is 14.4 Å². The predicted octanol–water partition coefficient (Wildman–Crippen LogP) is 8.17. The first-order valence-electron chi connectivity index (χ1n) is 14.6. The van der Waals surface area contributed by atoms with Gasteiger partial charge < -0.3 is 18.9 Å². The third-order valence-electron chi connectivity index (χ3n) is 6.93. The van der Waals surface area contributed by atoms with Gasteiger partial charge in [0.15, 0.2) is 11.5 Å². The summed E-state index contributed by atoms with van der Waals surface area (Å²) in [6.07, 6.45) is 3.36. The molecule has 0 aliphatic rings. The molecule has 4 aromatic carbocycles. The van der Waals surface area contributed by atoms with Crippen LogP contribution in [-0.4, -0.2) is 31.6 Å². The largest absolute Gasteiger partial charge is 0.423 e. The van der Waals surface area contributed by atoms with Gasteiger partial charge in [0.25, 0.3) is 0 Å². The topological polar surface area (TPSA) is 88.1 Å². The summed E-state index contributed by atoms with van der Waals surface area (Å²) >= 11 is 0. The lowest BCUT2D eigenvalue weighted by Gasteiger charge is -2.13. The molecule has 7 nitrogen and oxygen atoms in total. The SMILES string of the molecule is C=C(C)C(=O)Oc1ccc(-c2ccc(OC(=O)C(=C)COC)cc2)cc1OC(=O)c1ccc(-c2ccc(CCCC)cc2)cc1. The van der Waals surface area contributed by atoms with E-state index < -0.39 is 17.9 Å². The molecule has 0 atom stereocenters. The lowest BCUT2D eigenvalue weighted by atomic mass is 10.0. The minimum atomic E-state index is -0.647. The Hall–Kier alpha value is -5.27. The van der Waals surface area contributed by atoms with Crippen LogP contribution in [0.3, 0.4) is 0 Å². The standard InChI is InChI=1S/C38H36O7/c1-6-7-8-27-9-11-28(12-10-27)29-13-15-31(16-14-29)38(41)45-35-23-32(19-22-34(35)44-36(39)25(2)3)30-17-20-33(21-18-30)43-37(40)26(4)24-42-5/h9-23H,2,4,6-8,24H2,1,3,5H3. The molecule has 4 rings (SSSR count). The number of carbonyl (C=O) groups is 3. The van der Waals surface area contributed by atoms with Crippen LogP contribution >= 0.6 is 0 Å². The van der Waals surface area contributed by atoms with E-state index in [0.717, 1.165) is 36.0 Å². The molecule has 0 aliphatic heterocycles. The molecule has 0 saturated carbocycles. The van der Waals surface area contributed by atoms with Crippen LogP contribution in [0.4, 0.5) is 0 Å². The first kappa shape index (κ1) is 32.6. The summed E-state index contributed by atoms with van der Waals surface area (Å²) in [6, 6.07) is 27.2. The Morgan fingerprint density at radius 1 is 0.667 bits per heavy atom. The van der Waals surface area contributed by atoms with Gasteiger partial charge in [0, 0.05) is 12.7 Å². The maximum absolute atomic E-state index is 13.2. The molecule has 0 fully saturated rings. The molecule has 7 heteroatoms. The van der Waals surface area contributed by atoms with E-state index in [9.17, 15) is 14.4 Å². The van der Waals surface area contributed by atoms with Crippen molar-refractivity contribution in [3.05, 3.63) is 126 Å². The summed E-state index contributed by atoms with van der Waals surface area (Å²) in [4.78, 5) is 37.7. The van der Waals surface area contributed by atoms with E-state index in [1.165, 1.54) is 19.6 Å². The molecule has 0 radical (unpaired) electrons. The summed E-state index contributed by atoms with van der Waals surface area (Å²) in [5, 5.41) is 0. The maximum atomic E-state index is 13.2. The highest BCUT2D eigenvalue weighted by Gasteiger charge is 2.18. The molecular weight excluding hydrogens is 568 g/mol. The zero-order chi connectivity index (χ0) is 32.3. The van der Waals surface area contributed by atoms with Crippen LogP contribution in [0.15, 0.2) is 115 Å². The first-order chi connectivity index (χ1) is 21.7. The zero-order valence-electron chi connectivity index (χ0n) is 25.8. The highest BCUT2D eigenvalue weighted by molar-refractivity contribution is 5.93. The van der Waals surface area contributed by atoms with Crippen molar-refractivity contribution in [1.29, 1.82) is 0 Å². The van der Waals surface area contributed by atoms with Gasteiger partial charge in [-0.3, -0.25) is 0 Å². The maximum Gasteiger partial charge on any atom is 0.343 e. The molecule has 4 aromatic rings. The highest BCUT2D eigenvalue weighted by atomic mass is 16.6. The molecule has 0 amide bonds. The van der Waals surface area contributed by atoms with Crippen molar-refractivity contribution in [2.45, 2.75) is 33.1 Å². The smallest absolute Gasteiger partial charge is 0.343 e. The van der Waals surface area contributed by atoms with E-state index in [4.69, 9.17) is 18.9 Å². The van der Waals surface area contributed by atoms with Gasteiger partial charge in [0.1, 0.15) is 5.75 Å². The number of benzene rings is 4. The van der Waals surface area contributed by atoms with Crippen LogP contribution < -0.4 is 14.2 Å². The third kappa shape index (κ3) is 8.87. The molecule has 0 bridgehead atoms. The number of unbranched alkanes of at least 4 members (excludes halogenated alkanes) is 1. The second-order valence-corrected chi connectivity index (χ2v) is 10.5. The van der Waals surface area contributed by atoms with Crippen molar-refractivity contribution in [1.82, 2.24) is 0 Å². The minimum absolute atomic E-state index is 0.0604. The van der Waals surface area contributed by atoms with Gasteiger partial charge >= 0.3 is 17.9 Å². The van der Waals surface area contributed by atoms with Gasteiger partial charge in [0.2, 0.25) is 0 Å². The van der Waals surface area contributed by atoms with Crippen LogP contribution in [0.5, 0.6) is 17.2 Å². The second kappa shape index (κ2) is 15.5. The Bertz CT molecular complexity index is 1680. The highest BCUT2D eigenvalue weighted by Crippen LogP contribution is 2.35. The number of rotatable bonds is 13. The molecule has 0 heterocycles. The van der Waals surface area contributed by atoms with Crippen LogP contribution in [0, 0.1) is 0 Å². The molecule has 0 unspecified atom stereocenters. The van der Waals surface area contributed by atoms with Crippen molar-refractivity contribution in [2.75, 3.05) is 13.7 Å². The predicted molar refractivity (Wildman–Crippen MR) is 174 cm³/mol. The third-order valence-corrected chi connectivity index (χ3v) is 6.93. The molecule has 45 heavy (non-hydrogen) atoms. The van der Waals surface area contributed by atoms with E-state index in [2.05, 4.69) is 44.3 Å². The summed E-state index contributed by atoms with van der Waals surface area (Å²) in [7, 11) is 1.47. The van der Waals surface area contributed by atoms with Crippen molar-refractivity contribution in [3.63, 3.8) is 0 Å². The Morgan fingerprint density at radius 3 is 1.84 bits per heavy atom. The monoisotopic (exact) mass is 604 g/mol. The van der Waals surface area contributed by atoms with Crippen LogP contribution in [-0.2, 0) is 20.7 Å². The quantitative estimate of drug-likeness (QED) is 0.0864. The number of hydrogen-bond donors (Lipinski definition) is 0. The fourth-order valence-corrected chi connectivity index (χ4v) is 4.37. The molecule has 0 aromatic heterocycles. The first-order valence-corrected chi connectivity index (χ1v) is 14.6. The number of methoxy groups -OCH3 is 1. The van der Waals surface area contributed by atoms with E-state index in [1.54, 1.807) is 54.6 Å². The average Bonchev–Trinajstić information content (AvgIpc) is 3.05. The average molecular weight is 605 g/mol. The van der Waals surface area contributed by atoms with Crippen LogP contribution in [0.1, 0.15) is 42.6 Å². The zero-order valence-corrected chi connectivity index (χ0v) is 25.8. The molecule has 0 aliphatic carbocycles. The van der Waals surface area contributed by atoms with E-state index in [1.807, 2.05) is 12.1 Å². The van der Waals surface area contributed by atoms with Crippen molar-refractivity contribution < 1.29 is 33.3 Å². The Labute approximate surface area is 263 Å². The van der Waals surface area contributed by atoms with Gasteiger partial charge in [0.05, 0.1) is 17.7 Å². The Morgan fingerprint density at radius 2 is 1.24 bits per heavy atom. The summed E-state index contributed by atoms with van der Waals surface area (Å²) in [6.45, 7) is 11.0. The van der Waals surface area contributed by atoms with Gasteiger partial charge in [-0.1, -0.05) is 81.1 Å². The van der Waals surface area contributed by atoms with Gasteiger partial charge in [-0.2, -0.15) is 0 Å². The molecular formula is C38H36O7. The Kier molecular flexibility index (Phi) is 11.2. The lowest BCUT2D eigenvalue weighted by molar-refractivity contribution is -0.131. The molecule has 0 saturated heterocycles. The van der Waals surface area contributed by atoms with E-state index in [0.29, 0.717) is 16.9 Å². The second-order valence-electron chi connectivity index (χ2n) is 10.5. The van der Waals surface area contributed by atoms with Crippen molar-refractivity contribution >= 4 is 17.9 Å². The minimum Gasteiger partial charge on any atom is -0.423 e. The number of aryl methyl sites for hydroxylation is 1. The number of ether oxygens (including phenoxy) is 4. The van der Waals surface area contributed by atoms with Crippen molar-refractivity contribution in [3.8, 4) is 39.5 Å². The van der Waals surface area contributed by atoms with Crippen LogP contribution in [0.25, 0.3) is 22.3 Å². The van der Waals surface area contributed by atoms with E-state index >= 15 is 0 Å². The lowest BCUT2D eigenvalue weighted by Crippen LogP contribution is -2.13. The summed E-state index contributed by atoms with van der Waals surface area (Å²) in [5.41, 5.74) is 5.47. The van der Waals surface area contributed by atoms with E-state index in [-0.39, 0.29) is 29.3 Å². The Balaban J connectivity index is 1.54. The van der Waals surface area contributed by atoms with Crippen molar-refractivity contribution in [2.24, 2.45) is 0 Å². The fourth-order valence-electron chi connectivity index (χ4n) is 4.37. The number of carbonyl (C=O) groups excluding carboxylic acids is 3. The molecule has 0 spiro atoms. The molecule has 0 N–H and O–H groups in total. The summed E-state index contributed by atoms with van der Waals surface area (Å²) < 4.78 is 21.5. The number of hydrogen-bond acceptors (Lipinski definition) is 7. The fraction of sp³-hybridized carbons (Fsp3) is 0.184. The van der Waals surface area contributed by atoms with Gasteiger partial charge in [-0.15, -0.1) is 0 Å². The summed E-state index contributed by atoms with van der Waals surface area (Å²) in [5.74, 6) is -1.38. The normalized spacial score (nSPS) is 10.6. The number of esters is 3. The molecule has 230 valence electrons. The van der Waals surface area contributed by atoms with Crippen LogP contribution in [0.2, 0.25) is 0 Å².